The Morgan fingerprint density at radius 2 is 2.00 bits per heavy atom. The number of urea groups is 1. The number of nitrogens with one attached hydrogen (secondary N) is 2. The Morgan fingerprint density at radius 3 is 2.78 bits per heavy atom. The van der Waals surface area contributed by atoms with Crippen molar-refractivity contribution in [1.82, 2.24) is 24.8 Å². The molecule has 1 saturated heterocycles. The van der Waals surface area contributed by atoms with E-state index in [4.69, 9.17) is 19.3 Å². The van der Waals surface area contributed by atoms with Crippen molar-refractivity contribution >= 4 is 35.1 Å². The molecule has 12 heteroatoms. The first kappa shape index (κ1) is 24.8. The molecule has 1 saturated carbocycles. The predicted octanol–water partition coefficient (Wildman–Crippen LogP) is 2.45. The minimum Gasteiger partial charge on any atom is -0.480 e. The summed E-state index contributed by atoms with van der Waals surface area (Å²) in [5.74, 6) is -0.822. The molecule has 37 heavy (non-hydrogen) atoms. The maximum absolute atomic E-state index is 12.0. The van der Waals surface area contributed by atoms with E-state index in [1.807, 2.05) is 54.0 Å². The van der Waals surface area contributed by atoms with Crippen LogP contribution in [0.2, 0.25) is 0 Å². The average molecular weight is 509 g/mol. The van der Waals surface area contributed by atoms with Gasteiger partial charge in [-0.25, -0.2) is 24.5 Å². The number of carbonyl (C=O) groups is 2. The Morgan fingerprint density at radius 1 is 1.19 bits per heavy atom. The van der Waals surface area contributed by atoms with E-state index in [2.05, 4.69) is 25.6 Å². The zero-order valence-electron chi connectivity index (χ0n) is 20.2. The molecule has 0 spiro atoms. The molecule has 2 fully saturated rings. The third kappa shape index (κ3) is 5.45. The predicted molar refractivity (Wildman–Crippen MR) is 133 cm³/mol. The molecule has 194 valence electrons. The first-order valence-corrected chi connectivity index (χ1v) is 12.1. The number of carboxylic acids is 1. The number of hydrogen-bond acceptors (Lipinski definition) is 8. The number of carbonyl (C=O) groups excluding carboxylic acids is 1. The van der Waals surface area contributed by atoms with Crippen LogP contribution in [0.5, 0.6) is 0 Å². The Bertz CT molecular complexity index is 1280. The normalized spacial score (nSPS) is 24.9. The van der Waals surface area contributed by atoms with Gasteiger partial charge < -0.3 is 29.2 Å². The van der Waals surface area contributed by atoms with E-state index >= 15 is 0 Å². The minimum atomic E-state index is -1.03. The summed E-state index contributed by atoms with van der Waals surface area (Å²) in [6.45, 7) is 2.13. The third-order valence-corrected chi connectivity index (χ3v) is 6.38. The molecule has 0 radical (unpaired) electrons. The summed E-state index contributed by atoms with van der Waals surface area (Å²) >= 11 is 0. The number of benzene rings is 1. The van der Waals surface area contributed by atoms with Crippen LogP contribution in [-0.4, -0.2) is 74.9 Å². The van der Waals surface area contributed by atoms with Crippen LogP contribution < -0.4 is 10.6 Å². The number of imidazole rings is 1. The highest BCUT2D eigenvalue weighted by atomic mass is 16.7. The summed E-state index contributed by atoms with van der Waals surface area (Å²) in [5, 5.41) is 14.4. The second-order valence-electron chi connectivity index (χ2n) is 8.84. The summed E-state index contributed by atoms with van der Waals surface area (Å²) in [6, 6.07) is 9.26. The molecule has 2 amide bonds. The number of aliphatic carboxylic acids is 1. The van der Waals surface area contributed by atoms with Gasteiger partial charge in [-0.3, -0.25) is 5.32 Å². The standard InChI is InChI=1S/C25H28N6O6/c1-2-26-25(34)30-23-20-24(28-13-27-23)31(14-29-20)17-10-16(11-35-12-18(32)33)21-22(17)37-19(36-21)9-8-15-6-4-3-5-7-15/h3-9,13-14,16-17,19,21-22H,2,10-12H2,1H3,(H,32,33)(H2,26,27,28,30,34)/t16?,17?,19-,21-,22?/m1/s1. The molecule has 0 bridgehead atoms. The SMILES string of the molecule is CCNC(=O)Nc1ncnc2c1ncn2C1CC(COCC(=O)O)[C@H]2O[C@@H](C=Cc3ccccc3)OC12. The lowest BCUT2D eigenvalue weighted by atomic mass is 10.1. The molecule has 3 heterocycles. The number of carboxylic acid groups (broad SMARTS) is 1. The quantitative estimate of drug-likeness (QED) is 0.396. The van der Waals surface area contributed by atoms with Crippen LogP contribution in [0, 0.1) is 5.92 Å². The molecule has 3 aromatic rings. The first-order valence-electron chi connectivity index (χ1n) is 12.1. The zero-order chi connectivity index (χ0) is 25.8. The number of hydrogen-bond donors (Lipinski definition) is 3. The van der Waals surface area contributed by atoms with Gasteiger partial charge in [-0.05, 0) is 25.0 Å². The van der Waals surface area contributed by atoms with Gasteiger partial charge in [0.1, 0.15) is 19.0 Å². The number of rotatable bonds is 9. The van der Waals surface area contributed by atoms with E-state index in [9.17, 15) is 9.59 Å². The van der Waals surface area contributed by atoms with Crippen molar-refractivity contribution in [2.75, 3.05) is 25.1 Å². The molecule has 3 N–H and O–H groups in total. The van der Waals surface area contributed by atoms with Crippen molar-refractivity contribution < 1.29 is 28.9 Å². The number of fused-ring (bicyclic) bond motifs is 2. The molecule has 1 aliphatic heterocycles. The Hall–Kier alpha value is -3.87. The van der Waals surface area contributed by atoms with E-state index < -0.39 is 12.3 Å². The number of aromatic nitrogens is 4. The van der Waals surface area contributed by atoms with E-state index in [1.165, 1.54) is 6.33 Å². The molecule has 5 rings (SSSR count). The number of anilines is 1. The zero-order valence-corrected chi connectivity index (χ0v) is 20.2. The smallest absolute Gasteiger partial charge is 0.329 e. The lowest BCUT2D eigenvalue weighted by molar-refractivity contribution is -0.143. The maximum Gasteiger partial charge on any atom is 0.329 e. The largest absolute Gasteiger partial charge is 0.480 e. The third-order valence-electron chi connectivity index (χ3n) is 6.38. The second kappa shape index (κ2) is 11.0. The van der Waals surface area contributed by atoms with Gasteiger partial charge in [0.2, 0.25) is 0 Å². The molecule has 3 unspecified atom stereocenters. The second-order valence-corrected chi connectivity index (χ2v) is 8.84. The molecule has 2 aromatic heterocycles. The van der Waals surface area contributed by atoms with Gasteiger partial charge in [-0.2, -0.15) is 0 Å². The van der Waals surface area contributed by atoms with Gasteiger partial charge in [-0.1, -0.05) is 36.4 Å². The Balaban J connectivity index is 1.39. The van der Waals surface area contributed by atoms with Gasteiger partial charge >= 0.3 is 12.0 Å². The molecule has 1 aliphatic carbocycles. The summed E-state index contributed by atoms with van der Waals surface area (Å²) in [7, 11) is 0. The van der Waals surface area contributed by atoms with Crippen LogP contribution in [0.25, 0.3) is 17.2 Å². The summed E-state index contributed by atoms with van der Waals surface area (Å²) in [5.41, 5.74) is 2.02. The van der Waals surface area contributed by atoms with Gasteiger partial charge in [0.25, 0.3) is 0 Å². The Labute approximate surface area is 212 Å². The van der Waals surface area contributed by atoms with E-state index in [0.29, 0.717) is 29.9 Å². The maximum atomic E-state index is 12.0. The van der Waals surface area contributed by atoms with Crippen LogP contribution in [0.4, 0.5) is 10.6 Å². The monoisotopic (exact) mass is 508 g/mol. The number of nitrogens with zero attached hydrogens (tertiary/aromatic N) is 4. The Kier molecular flexibility index (Phi) is 7.40. The molecule has 5 atom stereocenters. The van der Waals surface area contributed by atoms with Crippen LogP contribution in [0.3, 0.4) is 0 Å². The molecule has 1 aromatic carbocycles. The fraction of sp³-hybridized carbons (Fsp3) is 0.400. The topological polar surface area (TPSA) is 150 Å². The van der Waals surface area contributed by atoms with Crippen molar-refractivity contribution in [2.24, 2.45) is 5.92 Å². The van der Waals surface area contributed by atoms with Crippen molar-refractivity contribution in [1.29, 1.82) is 0 Å². The highest BCUT2D eigenvalue weighted by molar-refractivity contribution is 5.95. The first-order chi connectivity index (χ1) is 18.0. The molecular formula is C25H28N6O6. The van der Waals surface area contributed by atoms with Crippen molar-refractivity contribution in [3.63, 3.8) is 0 Å². The van der Waals surface area contributed by atoms with Crippen LogP contribution in [0.15, 0.2) is 49.1 Å². The fourth-order valence-corrected chi connectivity index (χ4v) is 4.84. The average Bonchev–Trinajstić information content (AvgIpc) is 3.58. The van der Waals surface area contributed by atoms with Gasteiger partial charge in [0, 0.05) is 12.5 Å². The fourth-order valence-electron chi connectivity index (χ4n) is 4.84. The lowest BCUT2D eigenvalue weighted by Gasteiger charge is -2.19. The molecular weight excluding hydrogens is 480 g/mol. The number of amides is 2. The van der Waals surface area contributed by atoms with Gasteiger partial charge in [-0.15, -0.1) is 0 Å². The van der Waals surface area contributed by atoms with Crippen LogP contribution >= 0.6 is 0 Å². The summed E-state index contributed by atoms with van der Waals surface area (Å²) < 4.78 is 19.9. The van der Waals surface area contributed by atoms with Crippen molar-refractivity contribution in [2.45, 2.75) is 37.9 Å². The summed E-state index contributed by atoms with van der Waals surface area (Å²) in [4.78, 5) is 36.1. The van der Waals surface area contributed by atoms with Crippen molar-refractivity contribution in [3.05, 3.63) is 54.6 Å². The summed E-state index contributed by atoms with van der Waals surface area (Å²) in [6.07, 6.45) is 6.23. The van der Waals surface area contributed by atoms with E-state index in [-0.39, 0.29) is 43.4 Å². The van der Waals surface area contributed by atoms with Crippen LogP contribution in [-0.2, 0) is 19.0 Å². The van der Waals surface area contributed by atoms with Gasteiger partial charge in [0.05, 0.1) is 25.1 Å². The van der Waals surface area contributed by atoms with Gasteiger partial charge in [0.15, 0.2) is 23.3 Å². The highest BCUT2D eigenvalue weighted by Gasteiger charge is 2.52. The molecule has 12 nitrogen and oxygen atoms in total. The molecule has 2 aliphatic rings. The highest BCUT2D eigenvalue weighted by Crippen LogP contribution is 2.45. The van der Waals surface area contributed by atoms with Crippen molar-refractivity contribution in [3.8, 4) is 0 Å². The minimum absolute atomic E-state index is 0.100. The van der Waals surface area contributed by atoms with Crippen LogP contribution in [0.1, 0.15) is 24.9 Å². The van der Waals surface area contributed by atoms with E-state index in [0.717, 1.165) is 5.56 Å². The number of ether oxygens (including phenoxy) is 3. The lowest BCUT2D eigenvalue weighted by Crippen LogP contribution is -2.29. The van der Waals surface area contributed by atoms with E-state index in [1.54, 1.807) is 6.33 Å².